The number of allylic oxidation sites excluding steroid dienone is 1. The normalized spacial score (nSPS) is 11.5. The fourth-order valence-corrected chi connectivity index (χ4v) is 3.62. The first kappa shape index (κ1) is 16.4. The quantitative estimate of drug-likeness (QED) is 0.511. The van der Waals surface area contributed by atoms with Gasteiger partial charge in [0, 0.05) is 32.4 Å². The molecular formula is C17H15N5O3S. The highest BCUT2D eigenvalue weighted by atomic mass is 32.2. The van der Waals surface area contributed by atoms with E-state index < -0.39 is 11.2 Å². The van der Waals surface area contributed by atoms with E-state index in [-0.39, 0.29) is 0 Å². The molecule has 0 aliphatic heterocycles. The lowest BCUT2D eigenvalue weighted by molar-refractivity contribution is 0.488. The number of benzene rings is 1. The first-order chi connectivity index (χ1) is 12.5. The summed E-state index contributed by atoms with van der Waals surface area (Å²) in [5, 5.41) is 0.915. The van der Waals surface area contributed by atoms with Gasteiger partial charge < -0.3 is 8.98 Å². The Morgan fingerprint density at radius 1 is 1.19 bits per heavy atom. The van der Waals surface area contributed by atoms with Gasteiger partial charge in [-0.15, -0.1) is 6.58 Å². The Kier molecular flexibility index (Phi) is 3.80. The summed E-state index contributed by atoms with van der Waals surface area (Å²) in [6.45, 7) is 4.11. The number of imidazole rings is 1. The summed E-state index contributed by atoms with van der Waals surface area (Å²) >= 11 is 1.20. The minimum Gasteiger partial charge on any atom is -0.431 e. The Morgan fingerprint density at radius 2 is 1.96 bits per heavy atom. The summed E-state index contributed by atoms with van der Waals surface area (Å²) in [5.74, 6) is 0. The van der Waals surface area contributed by atoms with Gasteiger partial charge in [0.15, 0.2) is 21.9 Å². The highest BCUT2D eigenvalue weighted by Crippen LogP contribution is 2.30. The molecule has 0 saturated heterocycles. The maximum atomic E-state index is 12.6. The van der Waals surface area contributed by atoms with Gasteiger partial charge in [-0.1, -0.05) is 18.2 Å². The lowest BCUT2D eigenvalue weighted by Gasteiger charge is -2.05. The monoisotopic (exact) mass is 369 g/mol. The summed E-state index contributed by atoms with van der Waals surface area (Å²) in [6.07, 6.45) is 1.67. The van der Waals surface area contributed by atoms with Crippen LogP contribution in [0, 0.1) is 0 Å². The molecule has 0 fully saturated rings. The zero-order chi connectivity index (χ0) is 18.4. The first-order valence-corrected chi connectivity index (χ1v) is 8.63. The average Bonchev–Trinajstić information content (AvgIpc) is 3.20. The van der Waals surface area contributed by atoms with E-state index in [0.29, 0.717) is 33.7 Å². The van der Waals surface area contributed by atoms with Crippen molar-refractivity contribution < 1.29 is 4.42 Å². The van der Waals surface area contributed by atoms with E-state index in [1.165, 1.54) is 23.4 Å². The van der Waals surface area contributed by atoms with Gasteiger partial charge in [0.05, 0.1) is 0 Å². The number of aromatic nitrogens is 5. The molecule has 8 nitrogen and oxygen atoms in total. The van der Waals surface area contributed by atoms with E-state index in [1.807, 2.05) is 24.3 Å². The number of hydrogen-bond donors (Lipinski definition) is 0. The second-order valence-electron chi connectivity index (χ2n) is 5.72. The summed E-state index contributed by atoms with van der Waals surface area (Å²) in [5.41, 5.74) is 1.24. The Hall–Kier alpha value is -3.07. The van der Waals surface area contributed by atoms with Gasteiger partial charge in [0.25, 0.3) is 10.8 Å². The largest absolute Gasteiger partial charge is 0.431 e. The van der Waals surface area contributed by atoms with Gasteiger partial charge in [0.1, 0.15) is 5.52 Å². The van der Waals surface area contributed by atoms with Gasteiger partial charge in [-0.2, -0.15) is 0 Å². The summed E-state index contributed by atoms with van der Waals surface area (Å²) in [4.78, 5) is 33.7. The predicted octanol–water partition coefficient (Wildman–Crippen LogP) is 1.91. The van der Waals surface area contributed by atoms with Gasteiger partial charge in [-0.25, -0.2) is 14.8 Å². The maximum Gasteiger partial charge on any atom is 0.332 e. The van der Waals surface area contributed by atoms with Gasteiger partial charge in [-0.05, 0) is 12.1 Å². The smallest absolute Gasteiger partial charge is 0.332 e. The Bertz CT molecular complexity index is 1240. The fourth-order valence-electron chi connectivity index (χ4n) is 2.78. The molecule has 0 radical (unpaired) electrons. The molecule has 0 spiro atoms. The number of nitrogens with zero attached hydrogens (tertiary/aromatic N) is 5. The summed E-state index contributed by atoms with van der Waals surface area (Å²) in [7, 11) is 3.03. The van der Waals surface area contributed by atoms with Crippen molar-refractivity contribution in [3.8, 4) is 0 Å². The van der Waals surface area contributed by atoms with Gasteiger partial charge in [0.2, 0.25) is 0 Å². The third kappa shape index (κ3) is 2.39. The van der Waals surface area contributed by atoms with Crippen molar-refractivity contribution in [2.45, 2.75) is 16.9 Å². The molecule has 26 heavy (non-hydrogen) atoms. The molecule has 0 unspecified atom stereocenters. The highest BCUT2D eigenvalue weighted by Gasteiger charge is 2.20. The lowest BCUT2D eigenvalue weighted by Crippen LogP contribution is -2.37. The van der Waals surface area contributed by atoms with Crippen LogP contribution in [0.5, 0.6) is 0 Å². The van der Waals surface area contributed by atoms with Crippen LogP contribution in [0.1, 0.15) is 0 Å². The third-order valence-electron chi connectivity index (χ3n) is 4.08. The SMILES string of the molecule is C=CCn1c(Sc2nc3ccccc3o2)nc2c1c(=O)n(C)c(=O)n2C. The molecule has 0 saturated carbocycles. The minimum absolute atomic E-state index is 0.318. The molecule has 132 valence electrons. The lowest BCUT2D eigenvalue weighted by atomic mass is 10.3. The molecule has 1 aromatic carbocycles. The molecule has 9 heteroatoms. The van der Waals surface area contributed by atoms with Crippen LogP contribution in [0.4, 0.5) is 0 Å². The van der Waals surface area contributed by atoms with Crippen molar-refractivity contribution in [1.82, 2.24) is 23.7 Å². The molecule has 0 aliphatic rings. The molecule has 3 heterocycles. The van der Waals surface area contributed by atoms with Gasteiger partial charge in [-0.3, -0.25) is 13.9 Å². The fraction of sp³-hybridized carbons (Fsp3) is 0.176. The molecule has 0 N–H and O–H groups in total. The maximum absolute atomic E-state index is 12.6. The van der Waals surface area contributed by atoms with Crippen LogP contribution in [-0.4, -0.2) is 23.7 Å². The van der Waals surface area contributed by atoms with E-state index in [2.05, 4.69) is 16.5 Å². The van der Waals surface area contributed by atoms with E-state index in [1.54, 1.807) is 17.7 Å². The molecule has 0 amide bonds. The average molecular weight is 369 g/mol. The van der Waals surface area contributed by atoms with E-state index in [0.717, 1.165) is 10.1 Å². The Labute approximate surface area is 151 Å². The van der Waals surface area contributed by atoms with Crippen molar-refractivity contribution in [2.24, 2.45) is 14.1 Å². The van der Waals surface area contributed by atoms with Crippen LogP contribution in [0.2, 0.25) is 0 Å². The Balaban J connectivity index is 1.94. The van der Waals surface area contributed by atoms with E-state index >= 15 is 0 Å². The molecule has 0 aliphatic carbocycles. The molecular weight excluding hydrogens is 354 g/mol. The molecule has 0 atom stereocenters. The van der Waals surface area contributed by atoms with Crippen LogP contribution in [0.3, 0.4) is 0 Å². The number of hydrogen-bond acceptors (Lipinski definition) is 6. The zero-order valence-electron chi connectivity index (χ0n) is 14.2. The molecule has 0 bridgehead atoms. The highest BCUT2D eigenvalue weighted by molar-refractivity contribution is 7.99. The number of oxazole rings is 1. The minimum atomic E-state index is -0.427. The van der Waals surface area contributed by atoms with Crippen molar-refractivity contribution >= 4 is 34.0 Å². The second kappa shape index (κ2) is 6.03. The molecule has 3 aromatic heterocycles. The van der Waals surface area contributed by atoms with Crippen LogP contribution in [-0.2, 0) is 20.6 Å². The zero-order valence-corrected chi connectivity index (χ0v) is 15.0. The predicted molar refractivity (Wildman–Crippen MR) is 98.5 cm³/mol. The van der Waals surface area contributed by atoms with Crippen LogP contribution in [0.15, 0.2) is 61.3 Å². The number of fused-ring (bicyclic) bond motifs is 2. The number of aryl methyl sites for hydroxylation is 1. The van der Waals surface area contributed by atoms with Crippen molar-refractivity contribution in [2.75, 3.05) is 0 Å². The topological polar surface area (TPSA) is 87.8 Å². The van der Waals surface area contributed by atoms with Crippen molar-refractivity contribution in [3.63, 3.8) is 0 Å². The summed E-state index contributed by atoms with van der Waals surface area (Å²) < 4.78 is 9.86. The van der Waals surface area contributed by atoms with Crippen molar-refractivity contribution in [3.05, 3.63) is 57.8 Å². The number of rotatable bonds is 4. The second-order valence-corrected chi connectivity index (χ2v) is 6.64. The van der Waals surface area contributed by atoms with E-state index in [4.69, 9.17) is 4.42 Å². The molecule has 4 rings (SSSR count). The molecule has 4 aromatic rings. The van der Waals surface area contributed by atoms with Crippen molar-refractivity contribution in [1.29, 1.82) is 0 Å². The standard InChI is InChI=1S/C17H15N5O3S/c1-4-9-22-12-13(20(2)17(24)21(3)14(12)23)19-15(22)26-16-18-10-7-5-6-8-11(10)25-16/h4-8H,1,9H2,2-3H3. The van der Waals surface area contributed by atoms with Crippen LogP contribution < -0.4 is 11.2 Å². The van der Waals surface area contributed by atoms with Crippen LogP contribution >= 0.6 is 11.8 Å². The third-order valence-corrected chi connectivity index (χ3v) is 4.92. The first-order valence-electron chi connectivity index (χ1n) is 7.82. The summed E-state index contributed by atoms with van der Waals surface area (Å²) in [6, 6.07) is 7.44. The Morgan fingerprint density at radius 3 is 2.69 bits per heavy atom. The van der Waals surface area contributed by atoms with E-state index in [9.17, 15) is 9.59 Å². The number of para-hydroxylation sites is 2. The van der Waals surface area contributed by atoms with Crippen LogP contribution in [0.25, 0.3) is 22.3 Å². The van der Waals surface area contributed by atoms with Gasteiger partial charge >= 0.3 is 5.69 Å².